The molecule has 0 amide bonds. The molecule has 0 saturated heterocycles. The van der Waals surface area contributed by atoms with Crippen LogP contribution in [0.2, 0.25) is 0 Å². The molecular weight excluding hydrogens is 217 g/mol. The maximum atomic E-state index is 13.2. The van der Waals surface area contributed by atoms with Gasteiger partial charge in [0.1, 0.15) is 5.82 Å². The van der Waals surface area contributed by atoms with Gasteiger partial charge in [0.15, 0.2) is 0 Å². The molecular formula is C13H18FN3. The smallest absolute Gasteiger partial charge is 0.123 e. The Kier molecular flexibility index (Phi) is 4.92. The van der Waals surface area contributed by atoms with E-state index in [0.29, 0.717) is 13.0 Å². The lowest BCUT2D eigenvalue weighted by Gasteiger charge is -2.26. The molecule has 0 aliphatic rings. The molecule has 0 aliphatic heterocycles. The van der Waals surface area contributed by atoms with Crippen molar-refractivity contribution in [3.8, 4) is 6.07 Å². The fraction of sp³-hybridized carbons (Fsp3) is 0.462. The number of nitriles is 1. The van der Waals surface area contributed by atoms with Crippen molar-refractivity contribution in [3.63, 3.8) is 0 Å². The summed E-state index contributed by atoms with van der Waals surface area (Å²) in [5, 5.41) is 8.62. The molecule has 1 unspecified atom stereocenters. The lowest BCUT2D eigenvalue weighted by molar-refractivity contribution is 0.621. The summed E-state index contributed by atoms with van der Waals surface area (Å²) in [4.78, 5) is 2.04. The third-order valence-corrected chi connectivity index (χ3v) is 2.70. The predicted molar refractivity (Wildman–Crippen MR) is 67.1 cm³/mol. The first-order valence-electron chi connectivity index (χ1n) is 5.77. The summed E-state index contributed by atoms with van der Waals surface area (Å²) in [6.07, 6.45) is 0.448. The zero-order valence-corrected chi connectivity index (χ0v) is 10.3. The fourth-order valence-corrected chi connectivity index (χ4v) is 1.81. The summed E-state index contributed by atoms with van der Waals surface area (Å²) in [7, 11) is 0. The molecule has 0 heterocycles. The summed E-state index contributed by atoms with van der Waals surface area (Å²) in [5.74, 6) is -0.280. The van der Waals surface area contributed by atoms with Gasteiger partial charge in [0, 0.05) is 24.8 Å². The summed E-state index contributed by atoms with van der Waals surface area (Å²) in [6, 6.07) is 6.52. The van der Waals surface area contributed by atoms with E-state index in [1.807, 2.05) is 18.7 Å². The van der Waals surface area contributed by atoms with E-state index in [4.69, 9.17) is 11.0 Å². The molecule has 1 aromatic rings. The van der Waals surface area contributed by atoms with Gasteiger partial charge in [-0.3, -0.25) is 0 Å². The largest absolute Gasteiger partial charge is 0.371 e. The van der Waals surface area contributed by atoms with Crippen LogP contribution >= 0.6 is 0 Å². The molecule has 1 atom stereocenters. The molecule has 3 nitrogen and oxygen atoms in total. The van der Waals surface area contributed by atoms with Crippen LogP contribution in [0.4, 0.5) is 10.1 Å². The Morgan fingerprint density at radius 3 is 2.76 bits per heavy atom. The zero-order valence-electron chi connectivity index (χ0n) is 10.3. The van der Waals surface area contributed by atoms with Crippen molar-refractivity contribution in [2.75, 3.05) is 18.0 Å². The summed E-state index contributed by atoms with van der Waals surface area (Å²) < 4.78 is 13.2. The van der Waals surface area contributed by atoms with Gasteiger partial charge in [-0.25, -0.2) is 4.39 Å². The number of hydrogen-bond acceptors (Lipinski definition) is 3. The van der Waals surface area contributed by atoms with Gasteiger partial charge in [0.05, 0.1) is 12.5 Å². The van der Waals surface area contributed by atoms with E-state index < -0.39 is 0 Å². The lowest BCUT2D eigenvalue weighted by Crippen LogP contribution is -2.26. The lowest BCUT2D eigenvalue weighted by atomic mass is 10.1. The first-order chi connectivity index (χ1) is 8.10. The third-order valence-electron chi connectivity index (χ3n) is 2.70. The minimum atomic E-state index is -0.280. The summed E-state index contributed by atoms with van der Waals surface area (Å²) >= 11 is 0. The normalized spacial score (nSPS) is 11.9. The van der Waals surface area contributed by atoms with Gasteiger partial charge in [0.25, 0.3) is 0 Å². The van der Waals surface area contributed by atoms with Crippen molar-refractivity contribution < 1.29 is 4.39 Å². The number of nitrogens with two attached hydrogens (primary N) is 1. The first kappa shape index (κ1) is 13.5. The Bertz CT molecular complexity index is 410. The van der Waals surface area contributed by atoms with E-state index in [2.05, 4.69) is 6.07 Å². The second-order valence-electron chi connectivity index (χ2n) is 3.98. The highest BCUT2D eigenvalue weighted by Gasteiger charge is 2.13. The molecule has 0 spiro atoms. The SMILES string of the molecule is CCN(CCC#N)c1ccc(F)cc1C(C)N. The minimum Gasteiger partial charge on any atom is -0.371 e. The Morgan fingerprint density at radius 2 is 2.24 bits per heavy atom. The van der Waals surface area contributed by atoms with Crippen LogP contribution < -0.4 is 10.6 Å². The Morgan fingerprint density at radius 1 is 1.53 bits per heavy atom. The number of anilines is 1. The van der Waals surface area contributed by atoms with Crippen LogP contribution in [0, 0.1) is 17.1 Å². The maximum absolute atomic E-state index is 13.2. The van der Waals surface area contributed by atoms with E-state index in [1.54, 1.807) is 6.07 Å². The van der Waals surface area contributed by atoms with Gasteiger partial charge >= 0.3 is 0 Å². The van der Waals surface area contributed by atoms with Crippen molar-refractivity contribution in [2.24, 2.45) is 5.73 Å². The van der Waals surface area contributed by atoms with Crippen molar-refractivity contribution >= 4 is 5.69 Å². The van der Waals surface area contributed by atoms with Crippen molar-refractivity contribution in [3.05, 3.63) is 29.6 Å². The van der Waals surface area contributed by atoms with Crippen LogP contribution in [0.3, 0.4) is 0 Å². The van der Waals surface area contributed by atoms with E-state index in [1.165, 1.54) is 12.1 Å². The molecule has 1 aromatic carbocycles. The number of hydrogen-bond donors (Lipinski definition) is 1. The van der Waals surface area contributed by atoms with E-state index in [9.17, 15) is 4.39 Å². The van der Waals surface area contributed by atoms with Gasteiger partial charge in [0.2, 0.25) is 0 Å². The van der Waals surface area contributed by atoms with Gasteiger partial charge in [-0.2, -0.15) is 5.26 Å². The Labute approximate surface area is 102 Å². The zero-order chi connectivity index (χ0) is 12.8. The van der Waals surface area contributed by atoms with Gasteiger partial charge in [-0.1, -0.05) is 0 Å². The molecule has 0 fully saturated rings. The predicted octanol–water partition coefficient (Wildman–Crippen LogP) is 2.59. The second kappa shape index (κ2) is 6.21. The molecule has 1 rings (SSSR count). The van der Waals surface area contributed by atoms with E-state index in [-0.39, 0.29) is 11.9 Å². The van der Waals surface area contributed by atoms with Crippen LogP contribution in [0.5, 0.6) is 0 Å². The summed E-state index contributed by atoms with van der Waals surface area (Å²) in [6.45, 7) is 5.24. The topological polar surface area (TPSA) is 53.0 Å². The Balaban J connectivity index is 3.05. The molecule has 0 aromatic heterocycles. The highest BCUT2D eigenvalue weighted by atomic mass is 19.1. The highest BCUT2D eigenvalue weighted by molar-refractivity contribution is 5.55. The number of halogens is 1. The summed E-state index contributed by atoms with van der Waals surface area (Å²) in [5.41, 5.74) is 7.54. The van der Waals surface area contributed by atoms with Gasteiger partial charge in [-0.05, 0) is 37.6 Å². The first-order valence-corrected chi connectivity index (χ1v) is 5.77. The molecule has 0 bridgehead atoms. The minimum absolute atomic E-state index is 0.225. The maximum Gasteiger partial charge on any atom is 0.123 e. The van der Waals surface area contributed by atoms with E-state index >= 15 is 0 Å². The van der Waals surface area contributed by atoms with Crippen molar-refractivity contribution in [2.45, 2.75) is 26.3 Å². The van der Waals surface area contributed by atoms with E-state index in [0.717, 1.165) is 17.8 Å². The molecule has 0 radical (unpaired) electrons. The average molecular weight is 235 g/mol. The molecule has 92 valence electrons. The monoisotopic (exact) mass is 235 g/mol. The van der Waals surface area contributed by atoms with Crippen LogP contribution in [0.25, 0.3) is 0 Å². The molecule has 0 aliphatic carbocycles. The van der Waals surface area contributed by atoms with Crippen LogP contribution in [-0.4, -0.2) is 13.1 Å². The quantitative estimate of drug-likeness (QED) is 0.853. The number of rotatable bonds is 5. The van der Waals surface area contributed by atoms with Crippen LogP contribution in [-0.2, 0) is 0 Å². The molecule has 17 heavy (non-hydrogen) atoms. The van der Waals surface area contributed by atoms with Gasteiger partial charge < -0.3 is 10.6 Å². The number of nitrogens with zero attached hydrogens (tertiary/aromatic N) is 2. The van der Waals surface area contributed by atoms with Gasteiger partial charge in [-0.15, -0.1) is 0 Å². The highest BCUT2D eigenvalue weighted by Crippen LogP contribution is 2.26. The Hall–Kier alpha value is -1.60. The number of benzene rings is 1. The fourth-order valence-electron chi connectivity index (χ4n) is 1.81. The standard InChI is InChI=1S/C13H18FN3/c1-3-17(8-4-7-15)13-6-5-11(14)9-12(13)10(2)16/h5-6,9-10H,3-4,8,16H2,1-2H3. The van der Waals surface area contributed by atoms with Crippen molar-refractivity contribution in [1.82, 2.24) is 0 Å². The van der Waals surface area contributed by atoms with Crippen LogP contribution in [0.1, 0.15) is 31.9 Å². The average Bonchev–Trinajstić information content (AvgIpc) is 2.31. The second-order valence-corrected chi connectivity index (χ2v) is 3.98. The third kappa shape index (κ3) is 3.43. The van der Waals surface area contributed by atoms with Crippen molar-refractivity contribution in [1.29, 1.82) is 5.26 Å². The molecule has 4 heteroatoms. The van der Waals surface area contributed by atoms with Crippen LogP contribution in [0.15, 0.2) is 18.2 Å². The molecule has 0 saturated carbocycles. The molecule has 2 N–H and O–H groups in total.